The Morgan fingerprint density at radius 1 is 1.50 bits per heavy atom. The van der Waals surface area contributed by atoms with Crippen molar-refractivity contribution in [1.29, 1.82) is 0 Å². The topological polar surface area (TPSA) is 34.1 Å². The molecule has 3 heteroatoms. The zero-order chi connectivity index (χ0) is 6.20. The molecule has 47 valence electrons. The molecular formula is C5H9O2S. The summed E-state index contributed by atoms with van der Waals surface area (Å²) < 4.78 is 21.2. The van der Waals surface area contributed by atoms with Gasteiger partial charge in [-0.15, -0.1) is 0 Å². The molecule has 1 saturated heterocycles. The molecule has 8 heavy (non-hydrogen) atoms. The Balaban J connectivity index is 2.71. The largest absolute Gasteiger partial charge is 0.229 e. The van der Waals surface area contributed by atoms with Crippen LogP contribution in [0, 0.1) is 12.8 Å². The minimum Gasteiger partial charge on any atom is -0.229 e. The first-order valence-electron chi connectivity index (χ1n) is 2.64. The van der Waals surface area contributed by atoms with Gasteiger partial charge < -0.3 is 0 Å². The molecule has 0 spiro atoms. The van der Waals surface area contributed by atoms with Crippen LogP contribution in [0.15, 0.2) is 0 Å². The quantitative estimate of drug-likeness (QED) is 0.475. The molecule has 1 aliphatic heterocycles. The zero-order valence-corrected chi connectivity index (χ0v) is 5.45. The third-order valence-corrected chi connectivity index (χ3v) is 3.16. The third-order valence-electron chi connectivity index (χ3n) is 1.33. The second-order valence-corrected chi connectivity index (χ2v) is 4.50. The molecule has 1 radical (unpaired) electrons. The van der Waals surface area contributed by atoms with Crippen LogP contribution in [0.3, 0.4) is 0 Å². The Labute approximate surface area is 49.8 Å². The second kappa shape index (κ2) is 1.72. The highest BCUT2D eigenvalue weighted by Crippen LogP contribution is 2.15. The molecule has 1 heterocycles. The fourth-order valence-electron chi connectivity index (χ4n) is 0.872. The Morgan fingerprint density at radius 3 is 2.25 bits per heavy atom. The number of hydrogen-bond acceptors (Lipinski definition) is 2. The highest BCUT2D eigenvalue weighted by atomic mass is 32.2. The summed E-state index contributed by atoms with van der Waals surface area (Å²) in [6, 6.07) is 0. The van der Waals surface area contributed by atoms with Gasteiger partial charge in [0, 0.05) is 0 Å². The maximum absolute atomic E-state index is 10.6. The predicted octanol–water partition coefficient (Wildman–Crippen LogP) is 0.255. The van der Waals surface area contributed by atoms with Gasteiger partial charge in [-0.3, -0.25) is 0 Å². The van der Waals surface area contributed by atoms with Gasteiger partial charge in [-0.05, 0) is 19.3 Å². The SMILES string of the molecule is [CH2]C1CCS(=O)(=O)C1. The van der Waals surface area contributed by atoms with Crippen LogP contribution >= 0.6 is 0 Å². The summed E-state index contributed by atoms with van der Waals surface area (Å²) in [5.41, 5.74) is 0. The molecule has 0 saturated carbocycles. The Morgan fingerprint density at radius 2 is 2.12 bits per heavy atom. The molecule has 0 amide bonds. The van der Waals surface area contributed by atoms with Crippen molar-refractivity contribution < 1.29 is 8.42 Å². The Bertz CT molecular complexity index is 169. The van der Waals surface area contributed by atoms with E-state index in [9.17, 15) is 8.42 Å². The zero-order valence-electron chi connectivity index (χ0n) is 4.63. The molecule has 1 unspecified atom stereocenters. The molecule has 0 aromatic carbocycles. The highest BCUT2D eigenvalue weighted by molar-refractivity contribution is 7.91. The van der Waals surface area contributed by atoms with Crippen molar-refractivity contribution in [2.75, 3.05) is 11.5 Å². The highest BCUT2D eigenvalue weighted by Gasteiger charge is 2.23. The van der Waals surface area contributed by atoms with Gasteiger partial charge in [0.05, 0.1) is 11.5 Å². The normalized spacial score (nSPS) is 35.4. The summed E-state index contributed by atoms with van der Waals surface area (Å²) in [5.74, 6) is 0.800. The minimum atomic E-state index is -2.66. The van der Waals surface area contributed by atoms with Crippen molar-refractivity contribution in [3.63, 3.8) is 0 Å². The molecule has 1 atom stereocenters. The van der Waals surface area contributed by atoms with Gasteiger partial charge in [-0.1, -0.05) is 0 Å². The molecule has 0 aromatic rings. The molecule has 1 aliphatic rings. The standard InChI is InChI=1S/C5H9O2S/c1-5-2-3-8(6,7)4-5/h5H,1-4H2. The van der Waals surface area contributed by atoms with Crippen LogP contribution in [0.1, 0.15) is 6.42 Å². The van der Waals surface area contributed by atoms with E-state index in [-0.39, 0.29) is 5.92 Å². The molecule has 0 N–H and O–H groups in total. The van der Waals surface area contributed by atoms with Gasteiger partial charge in [0.1, 0.15) is 0 Å². The monoisotopic (exact) mass is 133 g/mol. The lowest BCUT2D eigenvalue weighted by molar-refractivity contribution is 0.601. The van der Waals surface area contributed by atoms with Crippen LogP contribution in [0.2, 0.25) is 0 Å². The lowest BCUT2D eigenvalue weighted by Gasteiger charge is -1.90. The van der Waals surface area contributed by atoms with E-state index in [1.807, 2.05) is 0 Å². The summed E-state index contributed by atoms with van der Waals surface area (Å²) in [5, 5.41) is 0. The first-order chi connectivity index (χ1) is 3.60. The average Bonchev–Trinajstić information content (AvgIpc) is 1.82. The van der Waals surface area contributed by atoms with Gasteiger partial charge in [0.15, 0.2) is 9.84 Å². The number of sulfone groups is 1. The first kappa shape index (κ1) is 6.08. The van der Waals surface area contributed by atoms with E-state index < -0.39 is 9.84 Å². The van der Waals surface area contributed by atoms with E-state index in [2.05, 4.69) is 6.92 Å². The van der Waals surface area contributed by atoms with E-state index in [4.69, 9.17) is 0 Å². The number of rotatable bonds is 0. The van der Waals surface area contributed by atoms with E-state index in [1.54, 1.807) is 0 Å². The molecule has 0 bridgehead atoms. The van der Waals surface area contributed by atoms with E-state index in [0.717, 1.165) is 6.42 Å². The maximum atomic E-state index is 10.6. The smallest absolute Gasteiger partial charge is 0.150 e. The average molecular weight is 133 g/mol. The van der Waals surface area contributed by atoms with Crippen molar-refractivity contribution in [1.82, 2.24) is 0 Å². The second-order valence-electron chi connectivity index (χ2n) is 2.27. The van der Waals surface area contributed by atoms with Gasteiger partial charge in [-0.25, -0.2) is 8.42 Å². The van der Waals surface area contributed by atoms with Crippen LogP contribution in [0.25, 0.3) is 0 Å². The molecular weight excluding hydrogens is 124 g/mol. The summed E-state index contributed by atoms with van der Waals surface area (Å²) in [6.45, 7) is 3.65. The molecule has 2 nitrogen and oxygen atoms in total. The van der Waals surface area contributed by atoms with Gasteiger partial charge in [-0.2, -0.15) is 0 Å². The van der Waals surface area contributed by atoms with Crippen LogP contribution in [-0.4, -0.2) is 19.9 Å². The maximum Gasteiger partial charge on any atom is 0.150 e. The Kier molecular flexibility index (Phi) is 1.31. The fraction of sp³-hybridized carbons (Fsp3) is 0.800. The summed E-state index contributed by atoms with van der Waals surface area (Å²) >= 11 is 0. The van der Waals surface area contributed by atoms with Crippen LogP contribution in [-0.2, 0) is 9.84 Å². The lowest BCUT2D eigenvalue weighted by atomic mass is 10.2. The summed E-state index contributed by atoms with van der Waals surface area (Å²) in [7, 11) is -2.66. The van der Waals surface area contributed by atoms with Gasteiger partial charge in [0.2, 0.25) is 0 Å². The van der Waals surface area contributed by atoms with Gasteiger partial charge in [0.25, 0.3) is 0 Å². The minimum absolute atomic E-state index is 0.153. The molecule has 0 aliphatic carbocycles. The summed E-state index contributed by atoms with van der Waals surface area (Å²) in [6.07, 6.45) is 0.752. The molecule has 1 fully saturated rings. The van der Waals surface area contributed by atoms with Crippen LogP contribution in [0.4, 0.5) is 0 Å². The van der Waals surface area contributed by atoms with E-state index in [0.29, 0.717) is 11.5 Å². The van der Waals surface area contributed by atoms with E-state index in [1.165, 1.54) is 0 Å². The van der Waals surface area contributed by atoms with Crippen molar-refractivity contribution in [2.24, 2.45) is 5.92 Å². The van der Waals surface area contributed by atoms with Crippen LogP contribution < -0.4 is 0 Å². The first-order valence-corrected chi connectivity index (χ1v) is 4.46. The molecule has 0 aromatic heterocycles. The van der Waals surface area contributed by atoms with Crippen molar-refractivity contribution in [2.45, 2.75) is 6.42 Å². The lowest BCUT2D eigenvalue weighted by Crippen LogP contribution is -2.01. The number of hydrogen-bond donors (Lipinski definition) is 0. The van der Waals surface area contributed by atoms with Gasteiger partial charge >= 0.3 is 0 Å². The van der Waals surface area contributed by atoms with Crippen molar-refractivity contribution in [3.8, 4) is 0 Å². The van der Waals surface area contributed by atoms with E-state index >= 15 is 0 Å². The molecule has 1 rings (SSSR count). The van der Waals surface area contributed by atoms with Crippen molar-refractivity contribution >= 4 is 9.84 Å². The van der Waals surface area contributed by atoms with Crippen LogP contribution in [0.5, 0.6) is 0 Å². The third kappa shape index (κ3) is 1.22. The fourth-order valence-corrected chi connectivity index (χ4v) is 2.62. The summed E-state index contributed by atoms with van der Waals surface area (Å²) in [4.78, 5) is 0. The predicted molar refractivity (Wildman–Crippen MR) is 32.1 cm³/mol. The Hall–Kier alpha value is -0.0500. The van der Waals surface area contributed by atoms with Crippen molar-refractivity contribution in [3.05, 3.63) is 6.92 Å².